The van der Waals surface area contributed by atoms with Gasteiger partial charge in [-0.15, -0.1) is 0 Å². The standard InChI is InChI=1S/C21H24FN3O3/c22-19-8-7-17(28-16-5-3-14(4-6-16)9-10-23)12-18(19)21(27)25-11-1-2-15(13-25)20(24)26/h3-8,12,15H,1-2,9-11,13,23H2,(H2,24,26). The van der Waals surface area contributed by atoms with E-state index in [0.29, 0.717) is 37.4 Å². The molecule has 0 aliphatic carbocycles. The third-order valence-electron chi connectivity index (χ3n) is 4.87. The van der Waals surface area contributed by atoms with E-state index < -0.39 is 23.5 Å². The van der Waals surface area contributed by atoms with Crippen molar-refractivity contribution < 1.29 is 18.7 Å². The van der Waals surface area contributed by atoms with E-state index >= 15 is 0 Å². The van der Waals surface area contributed by atoms with Gasteiger partial charge in [0.1, 0.15) is 17.3 Å². The minimum atomic E-state index is -0.628. The van der Waals surface area contributed by atoms with Gasteiger partial charge in [0.25, 0.3) is 5.91 Å². The summed E-state index contributed by atoms with van der Waals surface area (Å²) in [5, 5.41) is 0. The van der Waals surface area contributed by atoms with Crippen molar-refractivity contribution in [2.24, 2.45) is 17.4 Å². The minimum Gasteiger partial charge on any atom is -0.457 e. The molecule has 0 spiro atoms. The molecule has 2 aromatic rings. The molecular weight excluding hydrogens is 361 g/mol. The molecule has 1 unspecified atom stereocenters. The van der Waals surface area contributed by atoms with Crippen LogP contribution in [0.25, 0.3) is 0 Å². The summed E-state index contributed by atoms with van der Waals surface area (Å²) in [5.74, 6) is -0.985. The summed E-state index contributed by atoms with van der Waals surface area (Å²) in [7, 11) is 0. The Morgan fingerprint density at radius 2 is 1.86 bits per heavy atom. The Hall–Kier alpha value is -2.93. The van der Waals surface area contributed by atoms with Crippen molar-refractivity contribution in [3.63, 3.8) is 0 Å². The van der Waals surface area contributed by atoms with Crippen LogP contribution in [0.5, 0.6) is 11.5 Å². The third-order valence-corrected chi connectivity index (χ3v) is 4.87. The van der Waals surface area contributed by atoms with E-state index in [1.54, 1.807) is 12.1 Å². The maximum atomic E-state index is 14.3. The SMILES string of the molecule is NCCc1ccc(Oc2ccc(F)c(C(=O)N3CCCC(C(N)=O)C3)c2)cc1. The molecule has 0 aromatic heterocycles. The van der Waals surface area contributed by atoms with E-state index in [1.165, 1.54) is 23.1 Å². The van der Waals surface area contributed by atoms with Crippen LogP contribution in [0.2, 0.25) is 0 Å². The number of amides is 2. The van der Waals surface area contributed by atoms with Crippen LogP contribution in [0.3, 0.4) is 0 Å². The predicted molar refractivity (Wildman–Crippen MR) is 103 cm³/mol. The fourth-order valence-corrected chi connectivity index (χ4v) is 3.32. The van der Waals surface area contributed by atoms with Gasteiger partial charge in [0.15, 0.2) is 0 Å². The molecule has 1 aliphatic heterocycles. The molecule has 1 aliphatic rings. The van der Waals surface area contributed by atoms with E-state index in [9.17, 15) is 14.0 Å². The van der Waals surface area contributed by atoms with E-state index in [2.05, 4.69) is 0 Å². The van der Waals surface area contributed by atoms with Gasteiger partial charge in [-0.25, -0.2) is 4.39 Å². The Balaban J connectivity index is 1.75. The predicted octanol–water partition coefficient (Wildman–Crippen LogP) is 2.46. The van der Waals surface area contributed by atoms with Gasteiger partial charge in [0, 0.05) is 13.1 Å². The number of nitrogens with zero attached hydrogens (tertiary/aromatic N) is 1. The zero-order chi connectivity index (χ0) is 20.1. The molecule has 0 bridgehead atoms. The highest BCUT2D eigenvalue weighted by Crippen LogP contribution is 2.26. The van der Waals surface area contributed by atoms with Crippen LogP contribution in [0.15, 0.2) is 42.5 Å². The fourth-order valence-electron chi connectivity index (χ4n) is 3.32. The zero-order valence-corrected chi connectivity index (χ0v) is 15.6. The summed E-state index contributed by atoms with van der Waals surface area (Å²) < 4.78 is 20.1. The lowest BCUT2D eigenvalue weighted by molar-refractivity contribution is -0.123. The summed E-state index contributed by atoms with van der Waals surface area (Å²) in [6.45, 7) is 1.24. The maximum Gasteiger partial charge on any atom is 0.256 e. The van der Waals surface area contributed by atoms with E-state index in [-0.39, 0.29) is 12.1 Å². The number of primary amides is 1. The highest BCUT2D eigenvalue weighted by Gasteiger charge is 2.29. The monoisotopic (exact) mass is 385 g/mol. The molecule has 28 heavy (non-hydrogen) atoms. The smallest absolute Gasteiger partial charge is 0.256 e. The number of nitrogens with two attached hydrogens (primary N) is 2. The lowest BCUT2D eigenvalue weighted by Crippen LogP contribution is -2.44. The molecule has 0 saturated carbocycles. The topological polar surface area (TPSA) is 98.7 Å². The molecule has 1 saturated heterocycles. The zero-order valence-electron chi connectivity index (χ0n) is 15.6. The fraction of sp³-hybridized carbons (Fsp3) is 0.333. The van der Waals surface area contributed by atoms with Gasteiger partial charge in [-0.05, 0) is 61.7 Å². The van der Waals surface area contributed by atoms with E-state index in [0.717, 1.165) is 12.0 Å². The van der Waals surface area contributed by atoms with Gasteiger partial charge in [-0.1, -0.05) is 12.1 Å². The number of benzene rings is 2. The number of likely N-dealkylation sites (tertiary alicyclic amines) is 1. The van der Waals surface area contributed by atoms with Gasteiger partial charge in [0.2, 0.25) is 5.91 Å². The molecule has 4 N–H and O–H groups in total. The van der Waals surface area contributed by atoms with Crippen molar-refractivity contribution >= 4 is 11.8 Å². The van der Waals surface area contributed by atoms with Gasteiger partial charge in [0.05, 0.1) is 11.5 Å². The van der Waals surface area contributed by atoms with Gasteiger partial charge in [-0.3, -0.25) is 9.59 Å². The molecule has 6 nitrogen and oxygen atoms in total. The van der Waals surface area contributed by atoms with Crippen molar-refractivity contribution in [1.82, 2.24) is 4.90 Å². The lowest BCUT2D eigenvalue weighted by atomic mass is 9.97. The second-order valence-corrected chi connectivity index (χ2v) is 6.92. The molecule has 2 aromatic carbocycles. The van der Waals surface area contributed by atoms with Crippen LogP contribution >= 0.6 is 0 Å². The van der Waals surface area contributed by atoms with Crippen molar-refractivity contribution in [3.05, 3.63) is 59.4 Å². The number of rotatable bonds is 6. The van der Waals surface area contributed by atoms with E-state index in [4.69, 9.17) is 16.2 Å². The maximum absolute atomic E-state index is 14.3. The largest absolute Gasteiger partial charge is 0.457 e. The lowest BCUT2D eigenvalue weighted by Gasteiger charge is -2.31. The van der Waals surface area contributed by atoms with Crippen LogP contribution in [0.1, 0.15) is 28.8 Å². The van der Waals surface area contributed by atoms with Gasteiger partial charge in [-0.2, -0.15) is 0 Å². The summed E-state index contributed by atoms with van der Waals surface area (Å²) in [6.07, 6.45) is 2.08. The van der Waals surface area contributed by atoms with Crippen LogP contribution in [0.4, 0.5) is 4.39 Å². The average Bonchev–Trinajstić information content (AvgIpc) is 2.70. The number of piperidine rings is 1. The molecular formula is C21H24FN3O3. The Morgan fingerprint density at radius 1 is 1.14 bits per heavy atom. The van der Waals surface area contributed by atoms with Crippen LogP contribution in [-0.2, 0) is 11.2 Å². The first-order valence-corrected chi connectivity index (χ1v) is 9.33. The second kappa shape index (κ2) is 8.84. The molecule has 7 heteroatoms. The minimum absolute atomic E-state index is 0.0811. The highest BCUT2D eigenvalue weighted by molar-refractivity contribution is 5.95. The number of carbonyl (C=O) groups is 2. The average molecular weight is 385 g/mol. The normalized spacial score (nSPS) is 16.6. The summed E-state index contributed by atoms with van der Waals surface area (Å²) in [4.78, 5) is 25.7. The van der Waals surface area contributed by atoms with Crippen molar-refractivity contribution in [2.75, 3.05) is 19.6 Å². The number of halogens is 1. The summed E-state index contributed by atoms with van der Waals surface area (Å²) >= 11 is 0. The molecule has 2 amide bonds. The Bertz CT molecular complexity index is 854. The summed E-state index contributed by atoms with van der Waals surface area (Å²) in [5.41, 5.74) is 11.9. The molecule has 1 atom stereocenters. The van der Waals surface area contributed by atoms with Gasteiger partial charge >= 0.3 is 0 Å². The number of hydrogen-bond acceptors (Lipinski definition) is 4. The van der Waals surface area contributed by atoms with Crippen molar-refractivity contribution in [1.29, 1.82) is 0 Å². The Labute approximate surface area is 163 Å². The molecule has 1 fully saturated rings. The molecule has 0 radical (unpaired) electrons. The summed E-state index contributed by atoms with van der Waals surface area (Å²) in [6, 6.07) is 11.5. The van der Waals surface area contributed by atoms with E-state index in [1.807, 2.05) is 12.1 Å². The molecule has 3 rings (SSSR count). The van der Waals surface area contributed by atoms with Crippen LogP contribution in [0, 0.1) is 11.7 Å². The Morgan fingerprint density at radius 3 is 2.54 bits per heavy atom. The second-order valence-electron chi connectivity index (χ2n) is 6.92. The number of ether oxygens (including phenoxy) is 1. The first-order chi connectivity index (χ1) is 13.5. The van der Waals surface area contributed by atoms with Gasteiger partial charge < -0.3 is 21.1 Å². The molecule has 148 valence electrons. The Kier molecular flexibility index (Phi) is 6.26. The number of carbonyl (C=O) groups excluding carboxylic acids is 2. The highest BCUT2D eigenvalue weighted by atomic mass is 19.1. The van der Waals surface area contributed by atoms with Crippen LogP contribution < -0.4 is 16.2 Å². The third kappa shape index (κ3) is 4.67. The quantitative estimate of drug-likeness (QED) is 0.798. The first-order valence-electron chi connectivity index (χ1n) is 9.33. The first kappa shape index (κ1) is 19.8. The van der Waals surface area contributed by atoms with Crippen LogP contribution in [-0.4, -0.2) is 36.3 Å². The number of hydrogen-bond donors (Lipinski definition) is 2. The molecule has 1 heterocycles. The van der Waals surface area contributed by atoms with Crippen molar-refractivity contribution in [3.8, 4) is 11.5 Å². The van der Waals surface area contributed by atoms with Crippen molar-refractivity contribution in [2.45, 2.75) is 19.3 Å².